The van der Waals surface area contributed by atoms with E-state index in [4.69, 9.17) is 4.74 Å². The molecule has 0 amide bonds. The molecule has 0 radical (unpaired) electrons. The predicted molar refractivity (Wildman–Crippen MR) is 129 cm³/mol. The summed E-state index contributed by atoms with van der Waals surface area (Å²) in [6, 6.07) is 6.90. The van der Waals surface area contributed by atoms with Gasteiger partial charge in [-0.05, 0) is 37.5 Å². The van der Waals surface area contributed by atoms with Crippen molar-refractivity contribution in [3.05, 3.63) is 34.8 Å². The molecule has 2 aromatic rings. The minimum Gasteiger partial charge on any atom is -0.461 e. The first-order chi connectivity index (χ1) is 15.5. The van der Waals surface area contributed by atoms with E-state index >= 15 is 0 Å². The second-order valence-electron chi connectivity index (χ2n) is 7.81. The molecule has 0 aliphatic rings. The number of ether oxygens (including phenoxy) is 1. The largest absolute Gasteiger partial charge is 0.461 e. The molecule has 0 fully saturated rings. The summed E-state index contributed by atoms with van der Waals surface area (Å²) in [6.45, 7) is 4.14. The average Bonchev–Trinajstić information content (AvgIpc) is 3.23. The van der Waals surface area contributed by atoms with Gasteiger partial charge in [-0.3, -0.25) is 4.72 Å². The summed E-state index contributed by atoms with van der Waals surface area (Å²) in [5.74, 6) is -0.619. The van der Waals surface area contributed by atoms with Crippen LogP contribution in [0.1, 0.15) is 93.4 Å². The van der Waals surface area contributed by atoms with Crippen LogP contribution in [-0.4, -0.2) is 31.2 Å². The maximum absolute atomic E-state index is 12.6. The van der Waals surface area contributed by atoms with Crippen molar-refractivity contribution in [3.8, 4) is 0 Å². The van der Waals surface area contributed by atoms with Gasteiger partial charge in [-0.1, -0.05) is 88.2 Å². The molecule has 178 valence electrons. The fourth-order valence-corrected chi connectivity index (χ4v) is 5.23. The molecule has 1 aromatic heterocycles. The topological polar surface area (TPSA) is 98.3 Å². The summed E-state index contributed by atoms with van der Waals surface area (Å²) in [7, 11) is -3.79. The van der Waals surface area contributed by atoms with Crippen LogP contribution in [0.3, 0.4) is 0 Å². The summed E-state index contributed by atoms with van der Waals surface area (Å²) in [5.41, 5.74) is 1.13. The summed E-state index contributed by atoms with van der Waals surface area (Å²) >= 11 is 0.842. The quantitative estimate of drug-likeness (QED) is 0.234. The Balaban J connectivity index is 1.72. The lowest BCUT2D eigenvalue weighted by molar-refractivity contribution is 0.0525. The van der Waals surface area contributed by atoms with E-state index in [1.807, 2.05) is 12.1 Å². The highest BCUT2D eigenvalue weighted by molar-refractivity contribution is 7.93. The number of hydrogen-bond acceptors (Lipinski definition) is 7. The third kappa shape index (κ3) is 9.24. The Morgan fingerprint density at radius 3 is 2.09 bits per heavy atom. The van der Waals surface area contributed by atoms with Crippen LogP contribution in [0, 0.1) is 0 Å². The second-order valence-corrected chi connectivity index (χ2v) is 10.5. The van der Waals surface area contributed by atoms with Gasteiger partial charge in [-0.25, -0.2) is 13.2 Å². The number of rotatable bonds is 16. The Bertz CT molecular complexity index is 912. The van der Waals surface area contributed by atoms with Gasteiger partial charge in [0.25, 0.3) is 10.0 Å². The number of aromatic nitrogens is 2. The average molecular weight is 482 g/mol. The number of nitrogens with one attached hydrogen (secondary N) is 1. The Morgan fingerprint density at radius 2 is 1.50 bits per heavy atom. The molecule has 1 N–H and O–H groups in total. The Hall–Kier alpha value is -2.00. The standard InChI is InChI=1S/C23H35N3O4S2/c1-3-5-6-7-8-9-10-11-12-13-14-19-15-17-20(18-16-19)32(28,29)26-23-25-24-21(31-23)22(27)30-4-2/h15-18H,3-14H2,1-2H3,(H,25,26). The van der Waals surface area contributed by atoms with E-state index in [0.29, 0.717) is 0 Å². The van der Waals surface area contributed by atoms with E-state index in [1.54, 1.807) is 19.1 Å². The first-order valence-electron chi connectivity index (χ1n) is 11.6. The number of carbonyl (C=O) groups excluding carboxylic acids is 1. The molecular weight excluding hydrogens is 446 g/mol. The normalized spacial score (nSPS) is 11.4. The number of benzene rings is 1. The van der Waals surface area contributed by atoms with Crippen molar-refractivity contribution >= 4 is 32.5 Å². The number of anilines is 1. The van der Waals surface area contributed by atoms with Gasteiger partial charge in [0.15, 0.2) is 0 Å². The first-order valence-corrected chi connectivity index (χ1v) is 13.9. The molecule has 9 heteroatoms. The van der Waals surface area contributed by atoms with E-state index < -0.39 is 16.0 Å². The number of esters is 1. The van der Waals surface area contributed by atoms with Crippen LogP contribution >= 0.6 is 11.3 Å². The summed E-state index contributed by atoms with van der Waals surface area (Å²) < 4.78 is 32.4. The van der Waals surface area contributed by atoms with Gasteiger partial charge >= 0.3 is 5.97 Å². The lowest BCUT2D eigenvalue weighted by Gasteiger charge is -2.06. The number of unbranched alkanes of at least 4 members (excludes halogenated alkanes) is 9. The number of sulfonamides is 1. The Kier molecular flexibility index (Phi) is 11.7. The van der Waals surface area contributed by atoms with Crippen molar-refractivity contribution in [2.75, 3.05) is 11.3 Å². The molecule has 0 unspecified atom stereocenters. The molecule has 7 nitrogen and oxygen atoms in total. The van der Waals surface area contributed by atoms with Crippen molar-refractivity contribution in [2.45, 2.75) is 89.4 Å². The van der Waals surface area contributed by atoms with Crippen LogP contribution in [0.15, 0.2) is 29.2 Å². The molecule has 0 aliphatic heterocycles. The number of aryl methyl sites for hydroxylation is 1. The smallest absolute Gasteiger partial charge is 0.369 e. The van der Waals surface area contributed by atoms with Crippen LogP contribution < -0.4 is 4.72 Å². The van der Waals surface area contributed by atoms with Crippen molar-refractivity contribution in [1.29, 1.82) is 0 Å². The molecule has 0 saturated carbocycles. The van der Waals surface area contributed by atoms with E-state index in [-0.39, 0.29) is 21.6 Å². The van der Waals surface area contributed by atoms with Gasteiger partial charge in [-0.2, -0.15) is 0 Å². The highest BCUT2D eigenvalue weighted by Crippen LogP contribution is 2.21. The third-order valence-electron chi connectivity index (χ3n) is 5.15. The fourth-order valence-electron chi connectivity index (χ4n) is 3.37. The van der Waals surface area contributed by atoms with Gasteiger partial charge in [0.05, 0.1) is 11.5 Å². The zero-order chi connectivity index (χ0) is 23.2. The van der Waals surface area contributed by atoms with E-state index in [1.165, 1.54) is 57.8 Å². The number of nitrogens with zero attached hydrogens (tertiary/aromatic N) is 2. The van der Waals surface area contributed by atoms with Crippen molar-refractivity contribution in [3.63, 3.8) is 0 Å². The lowest BCUT2D eigenvalue weighted by atomic mass is 10.0. The van der Waals surface area contributed by atoms with Crippen LogP contribution in [0.2, 0.25) is 0 Å². The zero-order valence-corrected chi connectivity index (χ0v) is 20.8. The van der Waals surface area contributed by atoms with Crippen molar-refractivity contribution in [1.82, 2.24) is 10.2 Å². The van der Waals surface area contributed by atoms with E-state index in [9.17, 15) is 13.2 Å². The molecule has 32 heavy (non-hydrogen) atoms. The summed E-state index contributed by atoms with van der Waals surface area (Å²) in [4.78, 5) is 11.8. The molecule has 0 saturated heterocycles. The summed E-state index contributed by atoms with van der Waals surface area (Å²) in [6.07, 6.45) is 13.9. The Morgan fingerprint density at radius 1 is 0.906 bits per heavy atom. The monoisotopic (exact) mass is 481 g/mol. The summed E-state index contributed by atoms with van der Waals surface area (Å²) in [5, 5.41) is 7.43. The highest BCUT2D eigenvalue weighted by Gasteiger charge is 2.19. The minimum absolute atomic E-state index is 0.0105. The van der Waals surface area contributed by atoms with Crippen LogP contribution in [0.5, 0.6) is 0 Å². The van der Waals surface area contributed by atoms with E-state index in [2.05, 4.69) is 21.8 Å². The fraction of sp³-hybridized carbons (Fsp3) is 0.609. The second kappa shape index (κ2) is 14.2. The SMILES string of the molecule is CCCCCCCCCCCCc1ccc(S(=O)(=O)Nc2nnc(C(=O)OCC)s2)cc1. The first kappa shape index (κ1) is 26.3. The predicted octanol–water partition coefficient (Wildman–Crippen LogP) is 5.98. The van der Waals surface area contributed by atoms with Gasteiger partial charge < -0.3 is 4.74 Å². The highest BCUT2D eigenvalue weighted by atomic mass is 32.2. The van der Waals surface area contributed by atoms with Crippen LogP contribution in [-0.2, 0) is 21.2 Å². The number of hydrogen-bond donors (Lipinski definition) is 1. The Labute approximate surface area is 196 Å². The molecule has 1 heterocycles. The van der Waals surface area contributed by atoms with Crippen LogP contribution in [0.4, 0.5) is 5.13 Å². The molecule has 0 atom stereocenters. The molecule has 2 rings (SSSR count). The van der Waals surface area contributed by atoms with Gasteiger partial charge in [0, 0.05) is 0 Å². The lowest BCUT2D eigenvalue weighted by Crippen LogP contribution is -2.12. The van der Waals surface area contributed by atoms with Crippen molar-refractivity contribution < 1.29 is 17.9 Å². The van der Waals surface area contributed by atoms with Crippen LogP contribution in [0.25, 0.3) is 0 Å². The maximum Gasteiger partial charge on any atom is 0.369 e. The van der Waals surface area contributed by atoms with Gasteiger partial charge in [-0.15, -0.1) is 10.2 Å². The van der Waals surface area contributed by atoms with Crippen molar-refractivity contribution in [2.24, 2.45) is 0 Å². The van der Waals surface area contributed by atoms with E-state index in [0.717, 1.165) is 29.7 Å². The molecule has 1 aromatic carbocycles. The molecule has 0 aliphatic carbocycles. The molecule has 0 bridgehead atoms. The molecular formula is C23H35N3O4S2. The van der Waals surface area contributed by atoms with Gasteiger partial charge in [0.1, 0.15) is 0 Å². The maximum atomic E-state index is 12.6. The molecule has 0 spiro atoms. The van der Waals surface area contributed by atoms with Gasteiger partial charge in [0.2, 0.25) is 10.1 Å². The zero-order valence-electron chi connectivity index (χ0n) is 19.1. The number of carbonyl (C=O) groups is 1. The minimum atomic E-state index is -3.79. The third-order valence-corrected chi connectivity index (χ3v) is 7.45.